The summed E-state index contributed by atoms with van der Waals surface area (Å²) in [5.74, 6) is 0.584. The standard InChI is InChI=1S/C22H32N4/c1-5-7-20(16-22(23)26-13-11-24-12-14-26)25-21(8-6-2)19-10-9-17(3)18(4)15-19/h6,8-10,15-16,23-25H,2,5,7,11-14H2,1,3-4H3/b20-16-,21-8-,23-22?. The van der Waals surface area contributed by atoms with Gasteiger partial charge in [0.1, 0.15) is 5.84 Å². The maximum atomic E-state index is 8.45. The minimum Gasteiger partial charge on any atom is -0.358 e. The monoisotopic (exact) mass is 352 g/mol. The molecule has 0 spiro atoms. The topological polar surface area (TPSA) is 51.2 Å². The van der Waals surface area contributed by atoms with Crippen molar-refractivity contribution in [3.63, 3.8) is 0 Å². The molecule has 4 nitrogen and oxygen atoms in total. The number of aryl methyl sites for hydroxylation is 2. The Morgan fingerprint density at radius 2 is 2.00 bits per heavy atom. The minimum absolute atomic E-state index is 0.584. The molecule has 0 amide bonds. The second-order valence-corrected chi connectivity index (χ2v) is 6.78. The van der Waals surface area contributed by atoms with E-state index in [2.05, 4.69) is 61.1 Å². The number of amidine groups is 1. The Labute approximate surface area is 158 Å². The first kappa shape index (κ1) is 20.0. The number of hydrogen-bond donors (Lipinski definition) is 3. The molecule has 1 aliphatic rings. The van der Waals surface area contributed by atoms with E-state index < -0.39 is 0 Å². The molecule has 4 heteroatoms. The first-order valence-corrected chi connectivity index (χ1v) is 9.47. The van der Waals surface area contributed by atoms with E-state index in [9.17, 15) is 0 Å². The molecule has 2 rings (SSSR count). The summed E-state index contributed by atoms with van der Waals surface area (Å²) in [4.78, 5) is 2.13. The molecule has 0 aliphatic carbocycles. The van der Waals surface area contributed by atoms with E-state index in [-0.39, 0.29) is 0 Å². The maximum Gasteiger partial charge on any atom is 0.122 e. The van der Waals surface area contributed by atoms with Crippen LogP contribution >= 0.6 is 0 Å². The van der Waals surface area contributed by atoms with Gasteiger partial charge in [0.25, 0.3) is 0 Å². The highest BCUT2D eigenvalue weighted by Crippen LogP contribution is 2.19. The van der Waals surface area contributed by atoms with E-state index in [0.29, 0.717) is 5.84 Å². The molecule has 26 heavy (non-hydrogen) atoms. The van der Waals surface area contributed by atoms with Crippen LogP contribution in [0.25, 0.3) is 5.70 Å². The first-order valence-electron chi connectivity index (χ1n) is 9.47. The van der Waals surface area contributed by atoms with Crippen molar-refractivity contribution >= 4 is 11.5 Å². The lowest BCUT2D eigenvalue weighted by atomic mass is 10.0. The molecule has 1 aromatic carbocycles. The van der Waals surface area contributed by atoms with Crippen LogP contribution in [0, 0.1) is 19.3 Å². The lowest BCUT2D eigenvalue weighted by Gasteiger charge is -2.29. The number of nitrogens with one attached hydrogen (secondary N) is 3. The zero-order chi connectivity index (χ0) is 18.9. The fourth-order valence-corrected chi connectivity index (χ4v) is 3.01. The molecule has 3 N–H and O–H groups in total. The summed E-state index contributed by atoms with van der Waals surface area (Å²) in [6.45, 7) is 13.9. The van der Waals surface area contributed by atoms with E-state index in [4.69, 9.17) is 5.41 Å². The second-order valence-electron chi connectivity index (χ2n) is 6.78. The SMILES string of the molecule is C=C/C=C(\N/C(=C\C(=N)N1CCNCC1)CCC)c1ccc(C)c(C)c1. The highest BCUT2D eigenvalue weighted by atomic mass is 15.2. The summed E-state index contributed by atoms with van der Waals surface area (Å²) < 4.78 is 0. The molecular weight excluding hydrogens is 320 g/mol. The van der Waals surface area contributed by atoms with Gasteiger partial charge in [-0.1, -0.05) is 38.1 Å². The smallest absolute Gasteiger partial charge is 0.122 e. The number of allylic oxidation sites excluding steroid dienone is 3. The molecular formula is C22H32N4. The number of piperazine rings is 1. The van der Waals surface area contributed by atoms with Gasteiger partial charge in [0.15, 0.2) is 0 Å². The van der Waals surface area contributed by atoms with Crippen molar-refractivity contribution in [2.24, 2.45) is 0 Å². The van der Waals surface area contributed by atoms with Crippen molar-refractivity contribution in [3.8, 4) is 0 Å². The largest absolute Gasteiger partial charge is 0.358 e. The average Bonchev–Trinajstić information content (AvgIpc) is 2.64. The Morgan fingerprint density at radius 3 is 2.62 bits per heavy atom. The van der Waals surface area contributed by atoms with Crippen LogP contribution in [0.5, 0.6) is 0 Å². The predicted octanol–water partition coefficient (Wildman–Crippen LogP) is 3.99. The zero-order valence-electron chi connectivity index (χ0n) is 16.4. The third-order valence-electron chi connectivity index (χ3n) is 4.69. The molecule has 1 aliphatic heterocycles. The van der Waals surface area contributed by atoms with Gasteiger partial charge in [-0.05, 0) is 55.2 Å². The summed E-state index contributed by atoms with van der Waals surface area (Å²) in [5.41, 5.74) is 5.80. The number of benzene rings is 1. The van der Waals surface area contributed by atoms with Gasteiger partial charge < -0.3 is 15.5 Å². The lowest BCUT2D eigenvalue weighted by molar-refractivity contribution is 0.357. The number of nitrogens with zero attached hydrogens (tertiary/aromatic N) is 1. The molecule has 0 aromatic heterocycles. The first-order chi connectivity index (χ1) is 12.5. The Hall–Kier alpha value is -2.33. The number of hydrogen-bond acceptors (Lipinski definition) is 3. The van der Waals surface area contributed by atoms with Crippen molar-refractivity contribution in [3.05, 3.63) is 65.4 Å². The average molecular weight is 353 g/mol. The van der Waals surface area contributed by atoms with Gasteiger partial charge >= 0.3 is 0 Å². The van der Waals surface area contributed by atoms with Gasteiger partial charge in [-0.3, -0.25) is 5.41 Å². The van der Waals surface area contributed by atoms with Crippen LogP contribution in [0.15, 0.2) is 48.7 Å². The van der Waals surface area contributed by atoms with Gasteiger partial charge in [0, 0.05) is 37.6 Å². The molecule has 0 saturated carbocycles. The number of rotatable bonds is 7. The lowest BCUT2D eigenvalue weighted by Crippen LogP contribution is -2.45. The molecule has 1 heterocycles. The Bertz CT molecular complexity index is 694. The van der Waals surface area contributed by atoms with Crippen molar-refractivity contribution in [1.29, 1.82) is 5.41 Å². The van der Waals surface area contributed by atoms with E-state index in [0.717, 1.165) is 56.0 Å². The van der Waals surface area contributed by atoms with Gasteiger partial charge in [-0.2, -0.15) is 0 Å². The third kappa shape index (κ3) is 5.60. The van der Waals surface area contributed by atoms with Crippen LogP contribution in [0.4, 0.5) is 0 Å². The van der Waals surface area contributed by atoms with Crippen LogP contribution in [0.3, 0.4) is 0 Å². The zero-order valence-corrected chi connectivity index (χ0v) is 16.4. The summed E-state index contributed by atoms with van der Waals surface area (Å²) >= 11 is 0. The minimum atomic E-state index is 0.584. The molecule has 0 radical (unpaired) electrons. The van der Waals surface area contributed by atoms with Gasteiger partial charge in [0.05, 0.1) is 0 Å². The normalized spacial score (nSPS) is 15.7. The van der Waals surface area contributed by atoms with Crippen molar-refractivity contribution in [2.45, 2.75) is 33.6 Å². The highest BCUT2D eigenvalue weighted by Gasteiger charge is 2.13. The second kappa shape index (κ2) is 9.97. The molecule has 0 bridgehead atoms. The quantitative estimate of drug-likeness (QED) is 0.395. The van der Waals surface area contributed by atoms with Crippen LogP contribution in [-0.4, -0.2) is 36.9 Å². The maximum absolute atomic E-state index is 8.45. The fraction of sp³-hybridized carbons (Fsp3) is 0.409. The Balaban J connectivity index is 2.22. The van der Waals surface area contributed by atoms with Gasteiger partial charge in [-0.15, -0.1) is 0 Å². The summed E-state index contributed by atoms with van der Waals surface area (Å²) in [7, 11) is 0. The fourth-order valence-electron chi connectivity index (χ4n) is 3.01. The van der Waals surface area contributed by atoms with Gasteiger partial charge in [-0.25, -0.2) is 0 Å². The van der Waals surface area contributed by atoms with Gasteiger partial charge in [0.2, 0.25) is 0 Å². The van der Waals surface area contributed by atoms with E-state index >= 15 is 0 Å². The van der Waals surface area contributed by atoms with Crippen molar-refractivity contribution in [1.82, 2.24) is 15.5 Å². The molecule has 1 fully saturated rings. The van der Waals surface area contributed by atoms with Crippen molar-refractivity contribution < 1.29 is 0 Å². The molecule has 0 atom stereocenters. The third-order valence-corrected chi connectivity index (χ3v) is 4.69. The highest BCUT2D eigenvalue weighted by molar-refractivity contribution is 5.91. The van der Waals surface area contributed by atoms with E-state index in [1.807, 2.05) is 18.2 Å². The molecule has 1 saturated heterocycles. The van der Waals surface area contributed by atoms with Crippen LogP contribution < -0.4 is 10.6 Å². The predicted molar refractivity (Wildman–Crippen MR) is 112 cm³/mol. The van der Waals surface area contributed by atoms with Crippen LogP contribution in [-0.2, 0) is 0 Å². The summed E-state index contributed by atoms with van der Waals surface area (Å²) in [6, 6.07) is 6.48. The summed E-state index contributed by atoms with van der Waals surface area (Å²) in [5, 5.41) is 15.3. The molecule has 140 valence electrons. The Morgan fingerprint density at radius 1 is 1.27 bits per heavy atom. The van der Waals surface area contributed by atoms with E-state index in [1.165, 1.54) is 11.1 Å². The van der Waals surface area contributed by atoms with Crippen LogP contribution in [0.2, 0.25) is 0 Å². The Kier molecular flexibility index (Phi) is 7.67. The molecule has 0 unspecified atom stereocenters. The summed E-state index contributed by atoms with van der Waals surface area (Å²) in [6.07, 6.45) is 7.73. The van der Waals surface area contributed by atoms with E-state index in [1.54, 1.807) is 0 Å². The van der Waals surface area contributed by atoms with Crippen molar-refractivity contribution in [2.75, 3.05) is 26.2 Å². The molecule has 1 aromatic rings. The van der Waals surface area contributed by atoms with Crippen LogP contribution in [0.1, 0.15) is 36.5 Å².